The van der Waals surface area contributed by atoms with Crippen LogP contribution in [-0.2, 0) is 17.8 Å². The van der Waals surface area contributed by atoms with E-state index in [1.165, 1.54) is 0 Å². The molecule has 0 saturated carbocycles. The van der Waals surface area contributed by atoms with Crippen LogP contribution in [0.1, 0.15) is 31.2 Å². The van der Waals surface area contributed by atoms with Crippen molar-refractivity contribution in [1.29, 1.82) is 0 Å². The predicted octanol–water partition coefficient (Wildman–Crippen LogP) is 1.80. The molecular weight excluding hydrogens is 238 g/mol. The summed E-state index contributed by atoms with van der Waals surface area (Å²) in [5.41, 5.74) is 2.30. The zero-order valence-electron chi connectivity index (χ0n) is 11.9. The summed E-state index contributed by atoms with van der Waals surface area (Å²) in [5, 5.41) is 3.40. The van der Waals surface area contributed by atoms with Crippen LogP contribution in [0, 0.1) is 0 Å². The molecule has 2 heterocycles. The van der Waals surface area contributed by atoms with Crippen molar-refractivity contribution in [3.8, 4) is 0 Å². The summed E-state index contributed by atoms with van der Waals surface area (Å²) in [6.07, 6.45) is 2.28. The zero-order chi connectivity index (χ0) is 13.3. The number of aromatic nitrogens is 1. The third-order valence-electron chi connectivity index (χ3n) is 3.30. The molecular formula is C15H25N3O. The number of ether oxygens (including phenoxy) is 1. The van der Waals surface area contributed by atoms with Crippen LogP contribution < -0.4 is 5.32 Å². The molecule has 2 rings (SSSR count). The Bertz CT molecular complexity index is 362. The third-order valence-corrected chi connectivity index (χ3v) is 3.30. The molecule has 1 aromatic rings. The Balaban J connectivity index is 1.86. The molecule has 0 aliphatic carbocycles. The third kappa shape index (κ3) is 5.27. The minimum absolute atomic E-state index is 0.845. The fraction of sp³-hybridized carbons (Fsp3) is 0.667. The number of nitrogens with zero attached hydrogens (tertiary/aromatic N) is 2. The van der Waals surface area contributed by atoms with Crippen LogP contribution in [0.3, 0.4) is 0 Å². The first-order chi connectivity index (χ1) is 9.38. The number of hydrogen-bond acceptors (Lipinski definition) is 4. The van der Waals surface area contributed by atoms with Crippen LogP contribution in [0.25, 0.3) is 0 Å². The molecule has 0 spiro atoms. The van der Waals surface area contributed by atoms with Crippen molar-refractivity contribution in [2.24, 2.45) is 0 Å². The molecule has 0 unspecified atom stereocenters. The molecule has 106 valence electrons. The molecule has 1 aromatic heterocycles. The molecule has 0 amide bonds. The van der Waals surface area contributed by atoms with Gasteiger partial charge in [0, 0.05) is 32.8 Å². The number of rotatable bonds is 6. The fourth-order valence-corrected chi connectivity index (χ4v) is 2.29. The Morgan fingerprint density at radius 3 is 3.05 bits per heavy atom. The molecule has 4 heteroatoms. The zero-order valence-corrected chi connectivity index (χ0v) is 11.9. The highest BCUT2D eigenvalue weighted by Crippen LogP contribution is 2.07. The van der Waals surface area contributed by atoms with Gasteiger partial charge in [-0.1, -0.05) is 13.0 Å². The smallest absolute Gasteiger partial charge is 0.0593 e. The monoisotopic (exact) mass is 263 g/mol. The van der Waals surface area contributed by atoms with Gasteiger partial charge in [0.25, 0.3) is 0 Å². The van der Waals surface area contributed by atoms with E-state index < -0.39 is 0 Å². The molecule has 1 N–H and O–H groups in total. The number of nitrogens with one attached hydrogen (secondary N) is 1. The minimum Gasteiger partial charge on any atom is -0.380 e. The van der Waals surface area contributed by atoms with Crippen LogP contribution in [0.5, 0.6) is 0 Å². The van der Waals surface area contributed by atoms with Gasteiger partial charge in [-0.15, -0.1) is 0 Å². The summed E-state index contributed by atoms with van der Waals surface area (Å²) in [6.45, 7) is 8.89. The molecule has 0 atom stereocenters. The number of pyridine rings is 1. The van der Waals surface area contributed by atoms with E-state index in [0.29, 0.717) is 0 Å². The second-order valence-electron chi connectivity index (χ2n) is 5.04. The standard InChI is InChI=1S/C15H25N3O/c1-2-7-16-12-14-5-3-6-15(17-14)13-18-8-4-10-19-11-9-18/h3,5-6,16H,2,4,7-13H2,1H3. The van der Waals surface area contributed by atoms with Gasteiger partial charge in [0.2, 0.25) is 0 Å². The molecule has 19 heavy (non-hydrogen) atoms. The average molecular weight is 263 g/mol. The maximum atomic E-state index is 5.48. The van der Waals surface area contributed by atoms with E-state index in [1.807, 2.05) is 0 Å². The van der Waals surface area contributed by atoms with Crippen molar-refractivity contribution in [2.75, 3.05) is 32.8 Å². The summed E-state index contributed by atoms with van der Waals surface area (Å²) in [6, 6.07) is 6.33. The van der Waals surface area contributed by atoms with E-state index in [1.54, 1.807) is 0 Å². The van der Waals surface area contributed by atoms with Crippen molar-refractivity contribution in [3.63, 3.8) is 0 Å². The lowest BCUT2D eigenvalue weighted by molar-refractivity contribution is 0.140. The molecule has 1 aliphatic rings. The van der Waals surface area contributed by atoms with Gasteiger partial charge in [0.05, 0.1) is 18.0 Å². The molecule has 4 nitrogen and oxygen atoms in total. The van der Waals surface area contributed by atoms with Crippen LogP contribution in [-0.4, -0.2) is 42.7 Å². The van der Waals surface area contributed by atoms with Crippen molar-refractivity contribution >= 4 is 0 Å². The van der Waals surface area contributed by atoms with E-state index in [9.17, 15) is 0 Å². The minimum atomic E-state index is 0.845. The summed E-state index contributed by atoms with van der Waals surface area (Å²) < 4.78 is 5.48. The first-order valence-electron chi connectivity index (χ1n) is 7.34. The molecule has 1 aliphatic heterocycles. The van der Waals surface area contributed by atoms with Crippen LogP contribution in [0.4, 0.5) is 0 Å². The topological polar surface area (TPSA) is 37.4 Å². The van der Waals surface area contributed by atoms with Gasteiger partial charge in [-0.2, -0.15) is 0 Å². The van der Waals surface area contributed by atoms with Crippen molar-refractivity contribution < 1.29 is 4.74 Å². The first-order valence-corrected chi connectivity index (χ1v) is 7.34. The van der Waals surface area contributed by atoms with Gasteiger partial charge >= 0.3 is 0 Å². The molecule has 0 aromatic carbocycles. The van der Waals surface area contributed by atoms with Gasteiger partial charge in [0.15, 0.2) is 0 Å². The Morgan fingerprint density at radius 1 is 1.26 bits per heavy atom. The second kappa shape index (κ2) is 8.25. The van der Waals surface area contributed by atoms with E-state index in [0.717, 1.165) is 70.2 Å². The Kier molecular flexibility index (Phi) is 6.27. The van der Waals surface area contributed by atoms with E-state index in [-0.39, 0.29) is 0 Å². The summed E-state index contributed by atoms with van der Waals surface area (Å²) in [4.78, 5) is 7.15. The normalized spacial score (nSPS) is 17.3. The Labute approximate surface area is 116 Å². The van der Waals surface area contributed by atoms with Crippen molar-refractivity contribution in [3.05, 3.63) is 29.6 Å². The molecule has 1 fully saturated rings. The highest BCUT2D eigenvalue weighted by Gasteiger charge is 2.10. The highest BCUT2D eigenvalue weighted by molar-refractivity contribution is 5.11. The quantitative estimate of drug-likeness (QED) is 0.794. The summed E-state index contributed by atoms with van der Waals surface area (Å²) in [5.74, 6) is 0. The van der Waals surface area contributed by atoms with Crippen LogP contribution >= 0.6 is 0 Å². The van der Waals surface area contributed by atoms with E-state index >= 15 is 0 Å². The lowest BCUT2D eigenvalue weighted by atomic mass is 10.2. The maximum absolute atomic E-state index is 5.48. The van der Waals surface area contributed by atoms with Gasteiger partial charge in [-0.3, -0.25) is 9.88 Å². The highest BCUT2D eigenvalue weighted by atomic mass is 16.5. The lowest BCUT2D eigenvalue weighted by Gasteiger charge is -2.18. The van der Waals surface area contributed by atoms with Gasteiger partial charge in [-0.05, 0) is 31.5 Å². The number of hydrogen-bond donors (Lipinski definition) is 1. The molecule has 1 saturated heterocycles. The molecule has 0 radical (unpaired) electrons. The Hall–Kier alpha value is -0.970. The largest absolute Gasteiger partial charge is 0.380 e. The van der Waals surface area contributed by atoms with Gasteiger partial charge < -0.3 is 10.1 Å². The van der Waals surface area contributed by atoms with Crippen LogP contribution in [0.2, 0.25) is 0 Å². The fourth-order valence-electron chi connectivity index (χ4n) is 2.29. The molecule has 0 bridgehead atoms. The average Bonchev–Trinajstić information content (AvgIpc) is 2.68. The maximum Gasteiger partial charge on any atom is 0.0593 e. The first kappa shape index (κ1) is 14.4. The SMILES string of the molecule is CCCNCc1cccc(CN2CCCOCC2)n1. The van der Waals surface area contributed by atoms with Gasteiger partial charge in [-0.25, -0.2) is 0 Å². The van der Waals surface area contributed by atoms with Gasteiger partial charge in [0.1, 0.15) is 0 Å². The van der Waals surface area contributed by atoms with E-state index in [2.05, 4.69) is 35.3 Å². The van der Waals surface area contributed by atoms with E-state index in [4.69, 9.17) is 9.72 Å². The van der Waals surface area contributed by atoms with Crippen molar-refractivity contribution in [2.45, 2.75) is 32.9 Å². The predicted molar refractivity (Wildman–Crippen MR) is 76.9 cm³/mol. The summed E-state index contributed by atoms with van der Waals surface area (Å²) >= 11 is 0. The Morgan fingerprint density at radius 2 is 2.16 bits per heavy atom. The lowest BCUT2D eigenvalue weighted by Crippen LogP contribution is -2.26. The second-order valence-corrected chi connectivity index (χ2v) is 5.04. The summed E-state index contributed by atoms with van der Waals surface area (Å²) in [7, 11) is 0. The van der Waals surface area contributed by atoms with Crippen molar-refractivity contribution in [1.82, 2.24) is 15.2 Å². The van der Waals surface area contributed by atoms with Crippen LogP contribution in [0.15, 0.2) is 18.2 Å².